The Morgan fingerprint density at radius 3 is 2.63 bits per heavy atom. The number of fused-ring (bicyclic) bond motifs is 2. The molecule has 8 nitrogen and oxygen atoms in total. The van der Waals surface area contributed by atoms with Crippen LogP contribution < -0.4 is 16.0 Å². The van der Waals surface area contributed by atoms with Crippen LogP contribution in [0, 0.1) is 24.5 Å². The molecule has 0 saturated heterocycles. The van der Waals surface area contributed by atoms with E-state index in [0.29, 0.717) is 33.4 Å². The second kappa shape index (κ2) is 9.70. The van der Waals surface area contributed by atoms with Gasteiger partial charge in [-0.25, -0.2) is 23.4 Å². The zero-order valence-electron chi connectivity index (χ0n) is 23.1. The molecule has 0 aliphatic heterocycles. The molecule has 2 aromatic carbocycles. The lowest BCUT2D eigenvalue weighted by molar-refractivity contribution is 0.287. The van der Waals surface area contributed by atoms with Gasteiger partial charge in [0.1, 0.15) is 28.5 Å². The van der Waals surface area contributed by atoms with Crippen molar-refractivity contribution in [2.24, 2.45) is 5.92 Å². The summed E-state index contributed by atoms with van der Waals surface area (Å²) in [6.07, 6.45) is 5.11. The molecule has 11 heteroatoms. The van der Waals surface area contributed by atoms with E-state index in [1.54, 1.807) is 33.3 Å². The maximum Gasteiger partial charge on any atom is 0.264 e. The summed E-state index contributed by atoms with van der Waals surface area (Å²) in [5.41, 5.74) is 10.0. The third-order valence-electron chi connectivity index (χ3n) is 8.21. The zero-order valence-corrected chi connectivity index (χ0v) is 23.9. The Hall–Kier alpha value is -4.64. The topological polar surface area (TPSA) is 100 Å². The van der Waals surface area contributed by atoms with Crippen molar-refractivity contribution in [1.29, 1.82) is 0 Å². The van der Waals surface area contributed by atoms with Gasteiger partial charge >= 0.3 is 0 Å². The van der Waals surface area contributed by atoms with Gasteiger partial charge in [0.15, 0.2) is 17.2 Å². The zero-order chi connectivity index (χ0) is 29.4. The van der Waals surface area contributed by atoms with Crippen LogP contribution in [-0.4, -0.2) is 30.3 Å². The highest BCUT2D eigenvalue weighted by atomic mass is 32.1. The summed E-state index contributed by atoms with van der Waals surface area (Å²) in [6.45, 7) is 1.88. The number of ether oxygens (including phenoxy) is 1. The molecule has 2 aliphatic rings. The maximum absolute atomic E-state index is 15.2. The van der Waals surface area contributed by atoms with Crippen molar-refractivity contribution >= 4 is 33.0 Å². The maximum atomic E-state index is 15.2. The molecule has 2 N–H and O–H groups in total. The first-order chi connectivity index (χ1) is 20.9. The summed E-state index contributed by atoms with van der Waals surface area (Å²) in [5.74, 6) is -0.347. The van der Waals surface area contributed by atoms with Crippen molar-refractivity contribution in [3.05, 3.63) is 93.5 Å². The Morgan fingerprint density at radius 2 is 1.88 bits per heavy atom. The van der Waals surface area contributed by atoms with E-state index in [2.05, 4.69) is 9.97 Å². The van der Waals surface area contributed by atoms with Gasteiger partial charge in [-0.3, -0.25) is 9.20 Å². The van der Waals surface area contributed by atoms with Crippen molar-refractivity contribution < 1.29 is 13.5 Å². The number of nitrogen functional groups attached to an aromatic ring is 1. The number of hydrogen-bond donors (Lipinski definition) is 1. The second-order valence-corrected chi connectivity index (χ2v) is 12.2. The van der Waals surface area contributed by atoms with Crippen LogP contribution in [0.1, 0.15) is 43.0 Å². The van der Waals surface area contributed by atoms with Gasteiger partial charge in [-0.1, -0.05) is 12.1 Å². The highest BCUT2D eigenvalue weighted by Gasteiger charge is 2.39. The number of nitrogens with two attached hydrogens (primary N) is 1. The van der Waals surface area contributed by atoms with E-state index < -0.39 is 17.7 Å². The molecule has 2 saturated carbocycles. The Kier molecular flexibility index (Phi) is 5.87. The fourth-order valence-electron chi connectivity index (χ4n) is 5.89. The smallest absolute Gasteiger partial charge is 0.264 e. The van der Waals surface area contributed by atoms with Gasteiger partial charge in [0.2, 0.25) is 0 Å². The first-order valence-electron chi connectivity index (χ1n) is 14.2. The average molecular weight is 597 g/mol. The largest absolute Gasteiger partial charge is 0.487 e. The minimum atomic E-state index is -0.485. The summed E-state index contributed by atoms with van der Waals surface area (Å²) in [6, 6.07) is 12.5. The standard InChI is InChI=1S/C32H26F2N6O2S/c1-16-14-43-25-13-22(26(32(41)39(16)25)18-3-2-4-20(33)11-18)29(17-5-6-17)40-31-27(30(35)36-15-37-31)28(38-40)19-7-10-24(23(34)12-19)42-21-8-9-21/h2-4,7,10-15,17,21,29H,5-6,8-9H2,1H3,(H2,35,36,37). The number of aromatic nitrogens is 5. The molecule has 6 aromatic rings. The van der Waals surface area contributed by atoms with E-state index in [9.17, 15) is 9.18 Å². The van der Waals surface area contributed by atoms with E-state index in [-0.39, 0.29) is 29.1 Å². The lowest BCUT2D eigenvalue weighted by atomic mass is 9.93. The van der Waals surface area contributed by atoms with Crippen molar-refractivity contribution in [3.8, 4) is 28.1 Å². The molecule has 43 heavy (non-hydrogen) atoms. The monoisotopic (exact) mass is 596 g/mol. The number of nitrogens with zero attached hydrogens (tertiary/aromatic N) is 5. The minimum absolute atomic E-state index is 0.0598. The average Bonchev–Trinajstić information content (AvgIpc) is 3.91. The van der Waals surface area contributed by atoms with Crippen LogP contribution in [0.2, 0.25) is 0 Å². The van der Waals surface area contributed by atoms with Gasteiger partial charge in [0.05, 0.1) is 23.1 Å². The number of aryl methyl sites for hydroxylation is 1. The number of rotatable bonds is 7. The molecule has 4 heterocycles. The van der Waals surface area contributed by atoms with E-state index in [1.807, 2.05) is 18.4 Å². The Morgan fingerprint density at radius 1 is 1.05 bits per heavy atom. The lowest BCUT2D eigenvalue weighted by Crippen LogP contribution is -2.23. The normalized spacial score (nSPS) is 15.8. The number of anilines is 1. The van der Waals surface area contributed by atoms with Gasteiger partial charge < -0.3 is 10.5 Å². The molecule has 0 bridgehead atoms. The van der Waals surface area contributed by atoms with Crippen LogP contribution in [0.15, 0.2) is 65.0 Å². The summed E-state index contributed by atoms with van der Waals surface area (Å²) < 4.78 is 38.9. The second-order valence-electron chi connectivity index (χ2n) is 11.3. The lowest BCUT2D eigenvalue weighted by Gasteiger charge is -2.22. The van der Waals surface area contributed by atoms with Crippen LogP contribution >= 0.6 is 11.3 Å². The van der Waals surface area contributed by atoms with E-state index >= 15 is 4.39 Å². The number of hydrogen-bond acceptors (Lipinski definition) is 7. The Bertz CT molecular complexity index is 2130. The quantitative estimate of drug-likeness (QED) is 0.225. The van der Waals surface area contributed by atoms with Gasteiger partial charge in [0.25, 0.3) is 5.56 Å². The van der Waals surface area contributed by atoms with Crippen LogP contribution in [0.25, 0.3) is 38.2 Å². The predicted octanol–water partition coefficient (Wildman–Crippen LogP) is 6.54. The highest BCUT2D eigenvalue weighted by molar-refractivity contribution is 7.15. The number of halogens is 2. The molecule has 2 fully saturated rings. The summed E-state index contributed by atoms with van der Waals surface area (Å²) in [4.78, 5) is 23.7. The minimum Gasteiger partial charge on any atom is -0.487 e. The summed E-state index contributed by atoms with van der Waals surface area (Å²) in [5, 5.41) is 7.45. The van der Waals surface area contributed by atoms with Crippen LogP contribution in [0.4, 0.5) is 14.6 Å². The fourth-order valence-corrected chi connectivity index (χ4v) is 6.81. The van der Waals surface area contributed by atoms with Gasteiger partial charge in [-0.2, -0.15) is 5.10 Å². The molecule has 0 spiro atoms. The molecule has 0 radical (unpaired) electrons. The van der Waals surface area contributed by atoms with E-state index in [4.69, 9.17) is 15.6 Å². The SMILES string of the molecule is Cc1csc2cc(C(C3CC3)n3nc(-c4ccc(OC5CC5)c(F)c4)c4c(N)ncnc43)c(-c3cccc(F)c3)c(=O)n12. The van der Waals surface area contributed by atoms with Crippen LogP contribution in [0.5, 0.6) is 5.75 Å². The molecule has 0 amide bonds. The molecular weight excluding hydrogens is 570 g/mol. The molecule has 1 atom stereocenters. The first kappa shape index (κ1) is 26.0. The van der Waals surface area contributed by atoms with Gasteiger partial charge in [0, 0.05) is 16.6 Å². The van der Waals surface area contributed by atoms with Crippen molar-refractivity contribution in [3.63, 3.8) is 0 Å². The van der Waals surface area contributed by atoms with Crippen molar-refractivity contribution in [2.75, 3.05) is 5.73 Å². The molecular formula is C32H26F2N6O2S. The molecule has 1 unspecified atom stereocenters. The number of thiazole rings is 1. The van der Waals surface area contributed by atoms with Gasteiger partial charge in [-0.05, 0) is 86.1 Å². The fraction of sp³-hybridized carbons (Fsp3) is 0.250. The predicted molar refractivity (Wildman–Crippen MR) is 161 cm³/mol. The molecule has 4 aromatic heterocycles. The van der Waals surface area contributed by atoms with E-state index in [1.165, 1.54) is 35.9 Å². The summed E-state index contributed by atoms with van der Waals surface area (Å²) in [7, 11) is 0. The molecule has 8 rings (SSSR count). The first-order valence-corrected chi connectivity index (χ1v) is 15.1. The third-order valence-corrected chi connectivity index (χ3v) is 9.21. The Balaban J connectivity index is 1.37. The molecule has 2 aliphatic carbocycles. The van der Waals surface area contributed by atoms with E-state index in [0.717, 1.165) is 41.8 Å². The highest BCUT2D eigenvalue weighted by Crippen LogP contribution is 2.48. The number of pyridine rings is 1. The van der Waals surface area contributed by atoms with Crippen LogP contribution in [-0.2, 0) is 0 Å². The van der Waals surface area contributed by atoms with Crippen LogP contribution in [0.3, 0.4) is 0 Å². The van der Waals surface area contributed by atoms with Gasteiger partial charge in [-0.15, -0.1) is 11.3 Å². The van der Waals surface area contributed by atoms with Crippen molar-refractivity contribution in [1.82, 2.24) is 24.1 Å². The third kappa shape index (κ3) is 4.37. The van der Waals surface area contributed by atoms with Crippen molar-refractivity contribution in [2.45, 2.75) is 44.8 Å². The Labute approximate surface area is 248 Å². The molecule has 216 valence electrons. The summed E-state index contributed by atoms with van der Waals surface area (Å²) >= 11 is 1.47. The number of benzene rings is 2.